The fraction of sp³-hybridized carbons (Fsp3) is 0.867. The summed E-state index contributed by atoms with van der Waals surface area (Å²) in [5.74, 6) is 2.90. The van der Waals surface area contributed by atoms with Gasteiger partial charge >= 0.3 is 5.97 Å². The van der Waals surface area contributed by atoms with Crippen molar-refractivity contribution in [1.82, 2.24) is 0 Å². The van der Waals surface area contributed by atoms with Crippen LogP contribution in [0.5, 0.6) is 0 Å². The van der Waals surface area contributed by atoms with Gasteiger partial charge in [0.2, 0.25) is 0 Å². The van der Waals surface area contributed by atoms with E-state index in [2.05, 4.69) is 27.7 Å². The Morgan fingerprint density at radius 2 is 1.82 bits per heavy atom. The molecule has 4 aliphatic carbocycles. The molecule has 4 aliphatic rings. The number of hydrogen-bond acceptors (Lipinski definition) is 3. The third-order valence-electron chi connectivity index (χ3n) is 10.5. The van der Waals surface area contributed by atoms with Crippen molar-refractivity contribution in [3.63, 3.8) is 0 Å². The fourth-order valence-electron chi connectivity index (χ4n) is 8.39. The van der Waals surface area contributed by atoms with Gasteiger partial charge in [0, 0.05) is 18.3 Å². The first-order valence-electron chi connectivity index (χ1n) is 14.2. The molecule has 3 nitrogen and oxygen atoms in total. The molecule has 1 unspecified atom stereocenters. The second-order valence-electron chi connectivity index (χ2n) is 12.6. The smallest absolute Gasteiger partial charge is 0.306 e. The van der Waals surface area contributed by atoms with Crippen LogP contribution in [0, 0.1) is 34.5 Å². The van der Waals surface area contributed by atoms with Crippen LogP contribution in [0.15, 0.2) is 11.6 Å². The Morgan fingerprint density at radius 1 is 1.03 bits per heavy atom. The Kier molecular flexibility index (Phi) is 7.76. The van der Waals surface area contributed by atoms with E-state index in [4.69, 9.17) is 4.74 Å². The van der Waals surface area contributed by atoms with Gasteiger partial charge in [0.25, 0.3) is 0 Å². The summed E-state index contributed by atoms with van der Waals surface area (Å²) >= 11 is 0. The molecular weight excluding hydrogens is 408 g/mol. The van der Waals surface area contributed by atoms with E-state index in [1.54, 1.807) is 0 Å². The van der Waals surface area contributed by atoms with Gasteiger partial charge in [-0.3, -0.25) is 9.59 Å². The molecule has 3 saturated carbocycles. The number of allylic oxidation sites excluding steroid dienone is 1. The summed E-state index contributed by atoms with van der Waals surface area (Å²) in [5.41, 5.74) is 1.80. The van der Waals surface area contributed by atoms with E-state index in [0.29, 0.717) is 30.0 Å². The Bertz CT molecular complexity index is 754. The molecule has 0 radical (unpaired) electrons. The minimum Gasteiger partial charge on any atom is -0.462 e. The average molecular weight is 457 g/mol. The highest BCUT2D eigenvalue weighted by Gasteiger charge is 2.59. The first kappa shape index (κ1) is 25.0. The Labute approximate surface area is 202 Å². The van der Waals surface area contributed by atoms with Gasteiger partial charge in [0.15, 0.2) is 5.78 Å². The minimum atomic E-state index is 0.0386. The predicted octanol–water partition coefficient (Wildman–Crippen LogP) is 7.82. The van der Waals surface area contributed by atoms with Crippen molar-refractivity contribution in [2.24, 2.45) is 34.5 Å². The third kappa shape index (κ3) is 4.98. The Balaban J connectivity index is 1.33. The van der Waals surface area contributed by atoms with E-state index < -0.39 is 0 Å². The SMILES string of the molecule is CCCCCCCC(C)CC(=O)O[C@H]1CC[C@H]2[C@@H]3CCC4=CC(=O)CC[C@]4(C)[C@H]3CC[C@]12C. The molecule has 3 heteroatoms. The summed E-state index contributed by atoms with van der Waals surface area (Å²) in [7, 11) is 0. The largest absolute Gasteiger partial charge is 0.462 e. The van der Waals surface area contributed by atoms with Crippen LogP contribution in [0.25, 0.3) is 0 Å². The minimum absolute atomic E-state index is 0.0386. The number of hydrogen-bond donors (Lipinski definition) is 0. The number of carbonyl (C=O) groups is 2. The highest BCUT2D eigenvalue weighted by Crippen LogP contribution is 2.65. The molecule has 0 saturated heterocycles. The van der Waals surface area contributed by atoms with Crippen LogP contribution >= 0.6 is 0 Å². The molecule has 0 bridgehead atoms. The highest BCUT2D eigenvalue weighted by atomic mass is 16.5. The number of esters is 1. The first-order valence-corrected chi connectivity index (χ1v) is 14.2. The van der Waals surface area contributed by atoms with Gasteiger partial charge in [-0.1, -0.05) is 71.8 Å². The zero-order valence-corrected chi connectivity index (χ0v) is 21.8. The molecule has 186 valence electrons. The number of ether oxygens (including phenoxy) is 1. The lowest BCUT2D eigenvalue weighted by molar-refractivity contribution is -0.160. The second-order valence-corrected chi connectivity index (χ2v) is 12.6. The summed E-state index contributed by atoms with van der Waals surface area (Å²) < 4.78 is 6.23. The lowest BCUT2D eigenvalue weighted by Crippen LogP contribution is -2.51. The van der Waals surface area contributed by atoms with Crippen LogP contribution < -0.4 is 0 Å². The molecule has 0 aromatic rings. The second kappa shape index (κ2) is 10.2. The highest BCUT2D eigenvalue weighted by molar-refractivity contribution is 5.91. The number of fused-ring (bicyclic) bond motifs is 5. The lowest BCUT2D eigenvalue weighted by Gasteiger charge is -2.57. The zero-order chi connectivity index (χ0) is 23.6. The quantitative estimate of drug-likeness (QED) is 0.262. The monoisotopic (exact) mass is 456 g/mol. The van der Waals surface area contributed by atoms with Gasteiger partial charge in [-0.2, -0.15) is 0 Å². The van der Waals surface area contributed by atoms with Crippen LogP contribution in [0.3, 0.4) is 0 Å². The van der Waals surface area contributed by atoms with Crippen molar-refractivity contribution in [3.8, 4) is 0 Å². The molecule has 0 heterocycles. The molecule has 0 spiro atoms. The summed E-state index contributed by atoms with van der Waals surface area (Å²) in [6, 6.07) is 0. The van der Waals surface area contributed by atoms with Gasteiger partial charge in [0.1, 0.15) is 6.10 Å². The number of carbonyl (C=O) groups excluding carboxylic acids is 2. The van der Waals surface area contributed by atoms with Crippen molar-refractivity contribution in [2.45, 2.75) is 130 Å². The van der Waals surface area contributed by atoms with E-state index >= 15 is 0 Å². The first-order chi connectivity index (χ1) is 15.8. The van der Waals surface area contributed by atoms with Crippen molar-refractivity contribution >= 4 is 11.8 Å². The van der Waals surface area contributed by atoms with E-state index in [9.17, 15) is 9.59 Å². The van der Waals surface area contributed by atoms with Gasteiger partial charge in [-0.05, 0) is 80.1 Å². The average Bonchev–Trinajstić information content (AvgIpc) is 3.10. The van der Waals surface area contributed by atoms with Gasteiger partial charge in [-0.25, -0.2) is 0 Å². The molecule has 4 rings (SSSR count). The summed E-state index contributed by atoms with van der Waals surface area (Å²) in [6.45, 7) is 9.34. The molecule has 0 N–H and O–H groups in total. The van der Waals surface area contributed by atoms with Crippen LogP contribution in [0.2, 0.25) is 0 Å². The maximum absolute atomic E-state index is 12.9. The van der Waals surface area contributed by atoms with Gasteiger partial charge < -0.3 is 4.74 Å². The van der Waals surface area contributed by atoms with Crippen LogP contribution in [0.4, 0.5) is 0 Å². The number of rotatable bonds is 9. The topological polar surface area (TPSA) is 43.4 Å². The predicted molar refractivity (Wildman–Crippen MR) is 134 cm³/mol. The Hall–Kier alpha value is -1.12. The summed E-state index contributed by atoms with van der Waals surface area (Å²) in [4.78, 5) is 24.9. The fourth-order valence-corrected chi connectivity index (χ4v) is 8.39. The van der Waals surface area contributed by atoms with E-state index in [1.165, 1.54) is 63.4 Å². The van der Waals surface area contributed by atoms with Crippen molar-refractivity contribution in [1.29, 1.82) is 0 Å². The lowest BCUT2D eigenvalue weighted by atomic mass is 9.47. The van der Waals surface area contributed by atoms with Gasteiger partial charge in [-0.15, -0.1) is 0 Å². The molecule has 3 fully saturated rings. The van der Waals surface area contributed by atoms with Crippen molar-refractivity contribution in [2.75, 3.05) is 0 Å². The maximum atomic E-state index is 12.9. The molecule has 0 aliphatic heterocycles. The van der Waals surface area contributed by atoms with E-state index in [-0.39, 0.29) is 22.9 Å². The molecule has 0 amide bonds. The Morgan fingerprint density at radius 3 is 2.61 bits per heavy atom. The van der Waals surface area contributed by atoms with E-state index in [0.717, 1.165) is 38.0 Å². The molecule has 7 atom stereocenters. The van der Waals surface area contributed by atoms with E-state index in [1.807, 2.05) is 6.08 Å². The molecule has 0 aromatic heterocycles. The standard InChI is InChI=1S/C30H48O3/c1-5-6-7-8-9-10-21(2)19-28(32)33-27-14-13-25-24-12-11-22-20-23(31)15-17-29(22,3)26(24)16-18-30(25,27)4/h20-21,24-27H,5-19H2,1-4H3/t21?,24-,25-,26-,27-,29-,30-/m0/s1. The number of ketones is 1. The van der Waals surface area contributed by atoms with Crippen LogP contribution in [0.1, 0.15) is 124 Å². The van der Waals surface area contributed by atoms with Crippen LogP contribution in [-0.2, 0) is 14.3 Å². The van der Waals surface area contributed by atoms with Crippen LogP contribution in [-0.4, -0.2) is 17.9 Å². The third-order valence-corrected chi connectivity index (χ3v) is 10.5. The molecular formula is C30H48O3. The summed E-state index contributed by atoms with van der Waals surface area (Å²) in [6.07, 6.45) is 19.0. The summed E-state index contributed by atoms with van der Waals surface area (Å²) in [5, 5.41) is 0. The maximum Gasteiger partial charge on any atom is 0.306 e. The molecule has 33 heavy (non-hydrogen) atoms. The number of unbranched alkanes of at least 4 members (excludes halogenated alkanes) is 4. The van der Waals surface area contributed by atoms with Crippen molar-refractivity contribution < 1.29 is 14.3 Å². The van der Waals surface area contributed by atoms with Gasteiger partial charge in [0.05, 0.1) is 0 Å². The zero-order valence-electron chi connectivity index (χ0n) is 21.8. The van der Waals surface area contributed by atoms with Crippen molar-refractivity contribution in [3.05, 3.63) is 11.6 Å². The normalized spacial score (nSPS) is 38.7. The molecule has 0 aromatic carbocycles.